The van der Waals surface area contributed by atoms with Crippen molar-refractivity contribution in [3.63, 3.8) is 0 Å². The van der Waals surface area contributed by atoms with E-state index in [4.69, 9.17) is 0 Å². The van der Waals surface area contributed by atoms with Crippen molar-refractivity contribution < 1.29 is 9.59 Å². The highest BCUT2D eigenvalue weighted by Crippen LogP contribution is 2.39. The first-order valence-electron chi connectivity index (χ1n) is 7.93. The Morgan fingerprint density at radius 3 is 2.30 bits per heavy atom. The van der Waals surface area contributed by atoms with Gasteiger partial charge in [-0.3, -0.25) is 9.59 Å². The zero-order valence-corrected chi connectivity index (χ0v) is 13.0. The molecule has 1 unspecified atom stereocenters. The highest BCUT2D eigenvalue weighted by atomic mass is 16.2. The first kappa shape index (κ1) is 15.3. The molecule has 0 spiro atoms. The summed E-state index contributed by atoms with van der Waals surface area (Å²) in [5, 5.41) is 5.92. The second kappa shape index (κ2) is 6.15. The Kier molecular flexibility index (Phi) is 4.71. The van der Waals surface area contributed by atoms with E-state index in [0.29, 0.717) is 18.4 Å². The standard InChI is InChI=1S/C16H28N2O2/c1-16(2,3)12-6-4-11(5-7-12)15(20)18-13-8-9-14(19)17-10-13/h11-13H,4-10H2,1-3H3,(H,17,19)(H,18,20). The topological polar surface area (TPSA) is 58.2 Å². The van der Waals surface area contributed by atoms with Crippen molar-refractivity contribution in [3.05, 3.63) is 0 Å². The van der Waals surface area contributed by atoms with E-state index in [9.17, 15) is 9.59 Å². The quantitative estimate of drug-likeness (QED) is 0.815. The fraction of sp³-hybridized carbons (Fsp3) is 0.875. The average molecular weight is 280 g/mol. The molecule has 2 fully saturated rings. The second-order valence-electron chi connectivity index (χ2n) is 7.46. The second-order valence-corrected chi connectivity index (χ2v) is 7.46. The molecule has 0 bridgehead atoms. The minimum atomic E-state index is 0.0983. The summed E-state index contributed by atoms with van der Waals surface area (Å²) in [6.45, 7) is 7.47. The summed E-state index contributed by atoms with van der Waals surface area (Å²) in [6, 6.07) is 0.125. The van der Waals surface area contributed by atoms with Crippen LogP contribution < -0.4 is 10.6 Å². The third kappa shape index (κ3) is 3.97. The van der Waals surface area contributed by atoms with E-state index in [1.165, 1.54) is 0 Å². The normalized spacial score (nSPS) is 31.6. The van der Waals surface area contributed by atoms with Crippen LogP contribution in [0, 0.1) is 17.3 Å². The van der Waals surface area contributed by atoms with E-state index >= 15 is 0 Å². The van der Waals surface area contributed by atoms with Gasteiger partial charge in [-0.15, -0.1) is 0 Å². The van der Waals surface area contributed by atoms with Gasteiger partial charge in [0, 0.05) is 24.9 Å². The van der Waals surface area contributed by atoms with Gasteiger partial charge in [0.05, 0.1) is 0 Å². The summed E-state index contributed by atoms with van der Waals surface area (Å²) >= 11 is 0. The lowest BCUT2D eigenvalue weighted by Gasteiger charge is -2.37. The first-order valence-corrected chi connectivity index (χ1v) is 7.93. The Morgan fingerprint density at radius 1 is 1.15 bits per heavy atom. The van der Waals surface area contributed by atoms with Crippen LogP contribution in [0.15, 0.2) is 0 Å². The van der Waals surface area contributed by atoms with Gasteiger partial charge in [0.15, 0.2) is 0 Å². The Hall–Kier alpha value is -1.06. The Bertz CT molecular complexity index is 355. The molecular weight excluding hydrogens is 252 g/mol. The third-order valence-corrected chi connectivity index (χ3v) is 4.93. The van der Waals surface area contributed by atoms with Gasteiger partial charge in [-0.1, -0.05) is 20.8 Å². The predicted octanol–water partition coefficient (Wildman–Crippen LogP) is 2.23. The van der Waals surface area contributed by atoms with Gasteiger partial charge in [0.2, 0.25) is 11.8 Å². The molecule has 114 valence electrons. The third-order valence-electron chi connectivity index (χ3n) is 4.93. The SMILES string of the molecule is CC(C)(C)C1CCC(C(=O)NC2CCC(=O)NC2)CC1. The lowest BCUT2D eigenvalue weighted by molar-refractivity contribution is -0.129. The average Bonchev–Trinajstić information content (AvgIpc) is 2.40. The van der Waals surface area contributed by atoms with Gasteiger partial charge in [0.25, 0.3) is 0 Å². The molecule has 2 aliphatic rings. The number of amides is 2. The molecule has 1 saturated heterocycles. The lowest BCUT2D eigenvalue weighted by atomic mass is 9.69. The van der Waals surface area contributed by atoms with Crippen LogP contribution in [0.4, 0.5) is 0 Å². The maximum Gasteiger partial charge on any atom is 0.223 e. The van der Waals surface area contributed by atoms with Crippen LogP contribution in [0.5, 0.6) is 0 Å². The number of carbonyl (C=O) groups is 2. The molecule has 2 rings (SSSR count). The van der Waals surface area contributed by atoms with Gasteiger partial charge < -0.3 is 10.6 Å². The minimum absolute atomic E-state index is 0.0983. The summed E-state index contributed by atoms with van der Waals surface area (Å²) in [7, 11) is 0. The highest BCUT2D eigenvalue weighted by Gasteiger charge is 2.33. The number of hydrogen-bond acceptors (Lipinski definition) is 2. The van der Waals surface area contributed by atoms with Crippen molar-refractivity contribution in [2.24, 2.45) is 17.3 Å². The molecule has 4 heteroatoms. The van der Waals surface area contributed by atoms with Crippen LogP contribution in [0.1, 0.15) is 59.3 Å². The highest BCUT2D eigenvalue weighted by molar-refractivity contribution is 5.80. The summed E-state index contributed by atoms with van der Waals surface area (Å²) in [5.74, 6) is 1.20. The molecule has 2 N–H and O–H groups in total. The van der Waals surface area contributed by atoms with Crippen LogP contribution in [0.25, 0.3) is 0 Å². The van der Waals surface area contributed by atoms with Gasteiger partial charge in [-0.25, -0.2) is 0 Å². The van der Waals surface area contributed by atoms with Gasteiger partial charge in [0.1, 0.15) is 0 Å². The summed E-state index contributed by atoms with van der Waals surface area (Å²) in [4.78, 5) is 23.4. The van der Waals surface area contributed by atoms with Crippen LogP contribution in [-0.2, 0) is 9.59 Å². The first-order chi connectivity index (χ1) is 9.36. The molecule has 1 atom stereocenters. The van der Waals surface area contributed by atoms with Crippen molar-refractivity contribution in [3.8, 4) is 0 Å². The zero-order chi connectivity index (χ0) is 14.8. The minimum Gasteiger partial charge on any atom is -0.354 e. The summed E-state index contributed by atoms with van der Waals surface area (Å²) in [5.41, 5.74) is 0.356. The summed E-state index contributed by atoms with van der Waals surface area (Å²) in [6.07, 6.45) is 5.63. The molecule has 1 saturated carbocycles. The maximum atomic E-state index is 12.3. The van der Waals surface area contributed by atoms with Crippen molar-refractivity contribution in [1.82, 2.24) is 10.6 Å². The van der Waals surface area contributed by atoms with Crippen LogP contribution in [-0.4, -0.2) is 24.4 Å². The Labute approximate surface area is 122 Å². The monoisotopic (exact) mass is 280 g/mol. The molecule has 1 heterocycles. The number of rotatable bonds is 2. The van der Waals surface area contributed by atoms with E-state index in [2.05, 4.69) is 31.4 Å². The predicted molar refractivity (Wildman–Crippen MR) is 79.1 cm³/mol. The number of hydrogen-bond donors (Lipinski definition) is 2. The zero-order valence-electron chi connectivity index (χ0n) is 13.0. The van der Waals surface area contributed by atoms with Gasteiger partial charge >= 0.3 is 0 Å². The molecule has 1 aliphatic heterocycles. The summed E-state index contributed by atoms with van der Waals surface area (Å²) < 4.78 is 0. The van der Waals surface area contributed by atoms with E-state index in [1.807, 2.05) is 0 Å². The number of carbonyl (C=O) groups excluding carboxylic acids is 2. The molecule has 0 aromatic rings. The van der Waals surface area contributed by atoms with E-state index in [-0.39, 0.29) is 23.8 Å². The van der Waals surface area contributed by atoms with E-state index in [0.717, 1.165) is 38.0 Å². The van der Waals surface area contributed by atoms with Crippen molar-refractivity contribution >= 4 is 11.8 Å². The van der Waals surface area contributed by atoms with Crippen LogP contribution in [0.3, 0.4) is 0 Å². The molecule has 1 aliphatic carbocycles. The Morgan fingerprint density at radius 2 is 1.80 bits per heavy atom. The molecule has 2 amide bonds. The molecule has 0 radical (unpaired) electrons. The molecule has 20 heavy (non-hydrogen) atoms. The van der Waals surface area contributed by atoms with Crippen LogP contribution >= 0.6 is 0 Å². The van der Waals surface area contributed by atoms with E-state index < -0.39 is 0 Å². The Balaban J connectivity index is 1.76. The number of nitrogens with one attached hydrogen (secondary N) is 2. The van der Waals surface area contributed by atoms with E-state index in [1.54, 1.807) is 0 Å². The maximum absolute atomic E-state index is 12.3. The van der Waals surface area contributed by atoms with Gasteiger partial charge in [-0.05, 0) is 43.4 Å². The fourth-order valence-corrected chi connectivity index (χ4v) is 3.40. The lowest BCUT2D eigenvalue weighted by Crippen LogP contribution is -2.49. The number of piperidine rings is 1. The van der Waals surface area contributed by atoms with Crippen molar-refractivity contribution in [1.29, 1.82) is 0 Å². The molecular formula is C16H28N2O2. The van der Waals surface area contributed by atoms with Crippen molar-refractivity contribution in [2.45, 2.75) is 65.3 Å². The largest absolute Gasteiger partial charge is 0.354 e. The fourth-order valence-electron chi connectivity index (χ4n) is 3.40. The molecule has 4 nitrogen and oxygen atoms in total. The molecule has 0 aromatic carbocycles. The van der Waals surface area contributed by atoms with Gasteiger partial charge in [-0.2, -0.15) is 0 Å². The smallest absolute Gasteiger partial charge is 0.223 e. The molecule has 0 aromatic heterocycles. The van der Waals surface area contributed by atoms with Crippen molar-refractivity contribution in [2.75, 3.05) is 6.54 Å². The van der Waals surface area contributed by atoms with Crippen LogP contribution in [0.2, 0.25) is 0 Å².